The average Bonchev–Trinajstić information content (AvgIpc) is 2.41. The molecule has 1 aliphatic heterocycles. The number of benzene rings is 1. The summed E-state index contributed by atoms with van der Waals surface area (Å²) >= 11 is 0. The van der Waals surface area contributed by atoms with Crippen LogP contribution in [0, 0.1) is 11.3 Å². The number of nitriles is 1. The molecule has 0 bridgehead atoms. The lowest BCUT2D eigenvalue weighted by atomic mass is 9.84. The van der Waals surface area contributed by atoms with Crippen LogP contribution in [0.4, 0.5) is 4.79 Å². The van der Waals surface area contributed by atoms with E-state index >= 15 is 0 Å². The van der Waals surface area contributed by atoms with Crippen molar-refractivity contribution >= 4 is 6.09 Å². The second kappa shape index (κ2) is 5.74. The highest BCUT2D eigenvalue weighted by atomic mass is 16.6. The minimum absolute atomic E-state index is 0.487. The fourth-order valence-corrected chi connectivity index (χ4v) is 2.63. The number of ether oxygens (including phenoxy) is 2. The van der Waals surface area contributed by atoms with Gasteiger partial charge in [-0.05, 0) is 52.8 Å². The Bertz CT molecular complexity index is 656. The van der Waals surface area contributed by atoms with Crippen LogP contribution in [-0.2, 0) is 4.74 Å². The van der Waals surface area contributed by atoms with Crippen molar-refractivity contribution in [3.05, 3.63) is 29.3 Å². The van der Waals surface area contributed by atoms with E-state index in [9.17, 15) is 4.79 Å². The van der Waals surface area contributed by atoms with Gasteiger partial charge >= 0.3 is 6.09 Å². The van der Waals surface area contributed by atoms with Crippen LogP contribution in [0.5, 0.6) is 5.75 Å². The van der Waals surface area contributed by atoms with Crippen LogP contribution in [0.25, 0.3) is 0 Å². The van der Waals surface area contributed by atoms with Gasteiger partial charge in [-0.3, -0.25) is 0 Å². The maximum absolute atomic E-state index is 12.1. The third-order valence-corrected chi connectivity index (χ3v) is 3.65. The zero-order valence-corrected chi connectivity index (χ0v) is 14.1. The molecule has 0 spiro atoms. The standard InChI is InChI=1S/C17H23N3O3/c1-16(2,3)23-15(21)20-14-13(19)11-8-10(9-18)6-7-12(11)22-17(14,4)5/h6-8,13-14H,19H2,1-5H3,(H,20,21)/t13?,14-/m1/s1. The van der Waals surface area contributed by atoms with Gasteiger partial charge in [-0.15, -0.1) is 0 Å². The molecule has 6 heteroatoms. The first-order valence-electron chi connectivity index (χ1n) is 7.51. The number of nitrogens with one attached hydrogen (secondary N) is 1. The van der Waals surface area contributed by atoms with Gasteiger partial charge < -0.3 is 20.5 Å². The third kappa shape index (κ3) is 3.74. The molecule has 1 aliphatic rings. The first-order valence-corrected chi connectivity index (χ1v) is 7.51. The van der Waals surface area contributed by atoms with Crippen LogP contribution >= 0.6 is 0 Å². The van der Waals surface area contributed by atoms with Gasteiger partial charge in [0, 0.05) is 5.56 Å². The van der Waals surface area contributed by atoms with E-state index in [1.54, 1.807) is 39.0 Å². The summed E-state index contributed by atoms with van der Waals surface area (Å²) in [6.45, 7) is 9.10. The van der Waals surface area contributed by atoms with Gasteiger partial charge in [-0.1, -0.05) is 0 Å². The lowest BCUT2D eigenvalue weighted by Crippen LogP contribution is -2.60. The number of alkyl carbamates (subject to hydrolysis) is 1. The molecule has 0 saturated carbocycles. The maximum atomic E-state index is 12.1. The molecule has 0 saturated heterocycles. The molecule has 124 valence electrons. The van der Waals surface area contributed by atoms with Crippen LogP contribution in [0.15, 0.2) is 18.2 Å². The zero-order valence-electron chi connectivity index (χ0n) is 14.1. The summed E-state index contributed by atoms with van der Waals surface area (Å²) in [5, 5.41) is 11.8. The van der Waals surface area contributed by atoms with Gasteiger partial charge in [0.1, 0.15) is 17.0 Å². The monoisotopic (exact) mass is 317 g/mol. The second-order valence-electron chi connectivity index (χ2n) is 7.22. The van der Waals surface area contributed by atoms with Gasteiger partial charge in [0.15, 0.2) is 0 Å². The maximum Gasteiger partial charge on any atom is 0.408 e. The molecule has 1 aromatic carbocycles. The van der Waals surface area contributed by atoms with E-state index in [1.165, 1.54) is 0 Å². The number of hydrogen-bond acceptors (Lipinski definition) is 5. The Morgan fingerprint density at radius 2 is 2.09 bits per heavy atom. The molecule has 6 nitrogen and oxygen atoms in total. The molecule has 3 N–H and O–H groups in total. The summed E-state index contributed by atoms with van der Waals surface area (Å²) in [4.78, 5) is 12.1. The van der Waals surface area contributed by atoms with E-state index in [1.807, 2.05) is 13.8 Å². The van der Waals surface area contributed by atoms with Gasteiger partial charge in [0.25, 0.3) is 0 Å². The zero-order chi connectivity index (χ0) is 17.4. The highest BCUT2D eigenvalue weighted by Gasteiger charge is 2.43. The van der Waals surface area contributed by atoms with Crippen molar-refractivity contribution in [1.82, 2.24) is 5.32 Å². The fourth-order valence-electron chi connectivity index (χ4n) is 2.63. The summed E-state index contributed by atoms with van der Waals surface area (Å²) in [7, 11) is 0. The van der Waals surface area contributed by atoms with Crippen molar-refractivity contribution in [1.29, 1.82) is 5.26 Å². The van der Waals surface area contributed by atoms with Crippen LogP contribution in [0.1, 0.15) is 51.8 Å². The van der Waals surface area contributed by atoms with Gasteiger partial charge in [0.2, 0.25) is 0 Å². The van der Waals surface area contributed by atoms with Crippen molar-refractivity contribution in [2.45, 2.75) is 57.9 Å². The van der Waals surface area contributed by atoms with E-state index in [2.05, 4.69) is 11.4 Å². The molecule has 2 rings (SSSR count). The molecule has 2 atom stereocenters. The number of carbonyl (C=O) groups is 1. The third-order valence-electron chi connectivity index (χ3n) is 3.65. The Labute approximate surface area is 136 Å². The lowest BCUT2D eigenvalue weighted by Gasteiger charge is -2.43. The largest absolute Gasteiger partial charge is 0.485 e. The smallest absolute Gasteiger partial charge is 0.408 e. The SMILES string of the molecule is CC(C)(C)OC(=O)N[C@@H]1C(N)c2cc(C#N)ccc2OC1(C)C. The molecule has 1 amide bonds. The predicted molar refractivity (Wildman–Crippen MR) is 86.0 cm³/mol. The average molecular weight is 317 g/mol. The first kappa shape index (κ1) is 17.1. The Morgan fingerprint density at radius 3 is 2.65 bits per heavy atom. The fraction of sp³-hybridized carbons (Fsp3) is 0.529. The van der Waals surface area contributed by atoms with Crippen LogP contribution < -0.4 is 15.8 Å². The van der Waals surface area contributed by atoms with E-state index in [0.717, 1.165) is 0 Å². The first-order chi connectivity index (χ1) is 10.5. The Morgan fingerprint density at radius 1 is 1.43 bits per heavy atom. The Balaban J connectivity index is 2.29. The molecule has 1 aromatic rings. The number of carbonyl (C=O) groups excluding carboxylic acids is 1. The van der Waals surface area contributed by atoms with Crippen molar-refractivity contribution in [3.8, 4) is 11.8 Å². The number of nitrogens with zero attached hydrogens (tertiary/aromatic N) is 1. The number of rotatable bonds is 1. The highest BCUT2D eigenvalue weighted by molar-refractivity contribution is 5.68. The van der Waals surface area contributed by atoms with Crippen molar-refractivity contribution < 1.29 is 14.3 Å². The second-order valence-corrected chi connectivity index (χ2v) is 7.22. The summed E-state index contributed by atoms with van der Waals surface area (Å²) in [6, 6.07) is 6.20. The highest BCUT2D eigenvalue weighted by Crippen LogP contribution is 2.39. The Hall–Kier alpha value is -2.26. The van der Waals surface area contributed by atoms with Gasteiger partial charge in [0.05, 0.1) is 23.7 Å². The summed E-state index contributed by atoms with van der Waals surface area (Å²) in [5.41, 5.74) is 6.23. The quantitative estimate of drug-likeness (QED) is 0.830. The van der Waals surface area contributed by atoms with Crippen molar-refractivity contribution in [3.63, 3.8) is 0 Å². The molecular weight excluding hydrogens is 294 g/mol. The molecule has 0 radical (unpaired) electrons. The van der Waals surface area contributed by atoms with Crippen LogP contribution in [-0.4, -0.2) is 23.3 Å². The van der Waals surface area contributed by atoms with Crippen molar-refractivity contribution in [2.75, 3.05) is 0 Å². The van der Waals surface area contributed by atoms with Crippen LogP contribution in [0.3, 0.4) is 0 Å². The minimum Gasteiger partial charge on any atom is -0.485 e. The van der Waals surface area contributed by atoms with Crippen molar-refractivity contribution in [2.24, 2.45) is 5.73 Å². The molecule has 0 fully saturated rings. The number of nitrogens with two attached hydrogens (primary N) is 1. The van der Waals surface area contributed by atoms with Gasteiger partial charge in [-0.2, -0.15) is 5.26 Å². The summed E-state index contributed by atoms with van der Waals surface area (Å²) in [6.07, 6.45) is -0.547. The van der Waals surface area contributed by atoms with E-state index in [4.69, 9.17) is 20.5 Å². The molecule has 1 unspecified atom stereocenters. The normalized spacial score (nSPS) is 22.3. The van der Waals surface area contributed by atoms with Gasteiger partial charge in [-0.25, -0.2) is 4.79 Å². The molecule has 1 heterocycles. The van der Waals surface area contributed by atoms with E-state index < -0.39 is 29.4 Å². The predicted octanol–water partition coefficient (Wildman–Crippen LogP) is 2.62. The Kier molecular flexibility index (Phi) is 4.27. The van der Waals surface area contributed by atoms with Crippen LogP contribution in [0.2, 0.25) is 0 Å². The molecule has 0 aliphatic carbocycles. The van der Waals surface area contributed by atoms with E-state index in [0.29, 0.717) is 16.9 Å². The molecular formula is C17H23N3O3. The number of fused-ring (bicyclic) bond motifs is 1. The summed E-state index contributed by atoms with van der Waals surface area (Å²) < 4.78 is 11.3. The number of amides is 1. The minimum atomic E-state index is -0.711. The topological polar surface area (TPSA) is 97.4 Å². The molecule has 23 heavy (non-hydrogen) atoms. The molecule has 0 aromatic heterocycles. The lowest BCUT2D eigenvalue weighted by molar-refractivity contribution is 0.0139. The number of hydrogen-bond donors (Lipinski definition) is 2. The summed E-state index contributed by atoms with van der Waals surface area (Å²) in [5.74, 6) is 0.628. The van der Waals surface area contributed by atoms with E-state index in [-0.39, 0.29) is 0 Å².